The molecular formula is C29H36N3O2Si+. The molecule has 0 bridgehead atoms. The number of carbonyl (C=O) groups is 1. The first-order chi connectivity index (χ1) is 16.3. The lowest BCUT2D eigenvalue weighted by Crippen LogP contribution is -2.89. The Balaban J connectivity index is 1.77. The molecule has 182 valence electrons. The zero-order chi connectivity index (χ0) is 25.3. The number of allylic oxidation sites excluding steroid dienone is 2. The van der Waals surface area contributed by atoms with Gasteiger partial charge in [-0.2, -0.15) is 0 Å². The van der Waals surface area contributed by atoms with Gasteiger partial charge in [0.25, 0.3) is 0 Å². The van der Waals surface area contributed by atoms with Crippen molar-refractivity contribution in [3.8, 4) is 0 Å². The van der Waals surface area contributed by atoms with Gasteiger partial charge in [0.15, 0.2) is 5.54 Å². The van der Waals surface area contributed by atoms with E-state index in [-0.39, 0.29) is 17.5 Å². The van der Waals surface area contributed by atoms with Crippen molar-refractivity contribution in [2.75, 3.05) is 5.32 Å². The normalized spacial score (nSPS) is 22.6. The topological polar surface area (TPSA) is 75.7 Å². The third-order valence-electron chi connectivity index (χ3n) is 7.69. The summed E-state index contributed by atoms with van der Waals surface area (Å²) in [4.78, 5) is 20.3. The van der Waals surface area contributed by atoms with Gasteiger partial charge in [0.05, 0.1) is 22.1 Å². The van der Waals surface area contributed by atoms with Crippen LogP contribution in [0.5, 0.6) is 0 Å². The first-order valence-corrected chi connectivity index (χ1v) is 15.3. The lowest BCUT2D eigenvalue weighted by atomic mass is 9.91. The largest absolute Gasteiger partial charge is 0.481 e. The molecule has 6 heteroatoms. The van der Waals surface area contributed by atoms with Crippen LogP contribution in [0.2, 0.25) is 12.6 Å². The number of anilines is 1. The number of carboxylic acid groups (broad SMARTS) is 1. The van der Waals surface area contributed by atoms with E-state index >= 15 is 0 Å². The van der Waals surface area contributed by atoms with Crippen LogP contribution in [0.15, 0.2) is 41.4 Å². The number of fused-ring (bicyclic) bond motifs is 4. The molecule has 2 aromatic rings. The number of nitrogens with zero attached hydrogens (tertiary/aromatic N) is 1. The average Bonchev–Trinajstić information content (AvgIpc) is 2.71. The Morgan fingerprint density at radius 1 is 1.03 bits per heavy atom. The van der Waals surface area contributed by atoms with Crippen LogP contribution in [-0.4, -0.2) is 30.2 Å². The molecule has 0 fully saturated rings. The van der Waals surface area contributed by atoms with Gasteiger partial charge in [-0.15, -0.1) is 0 Å². The first-order valence-electron chi connectivity index (χ1n) is 12.5. The number of hydrogen-bond acceptors (Lipinski definition) is 3. The minimum Gasteiger partial charge on any atom is -0.481 e. The predicted octanol–water partition coefficient (Wildman–Crippen LogP) is 2.51. The molecule has 5 nitrogen and oxygen atoms in total. The van der Waals surface area contributed by atoms with Crippen LogP contribution in [0.1, 0.15) is 65.5 Å². The molecule has 3 N–H and O–H groups in total. The van der Waals surface area contributed by atoms with E-state index in [9.17, 15) is 9.90 Å². The number of aliphatic carboxylic acids is 1. The van der Waals surface area contributed by atoms with E-state index in [0.29, 0.717) is 6.42 Å². The smallest absolute Gasteiger partial charge is 0.303 e. The molecule has 0 saturated carbocycles. The van der Waals surface area contributed by atoms with Gasteiger partial charge in [-0.3, -0.25) is 4.79 Å². The van der Waals surface area contributed by atoms with Crippen molar-refractivity contribution in [1.82, 2.24) is 0 Å². The van der Waals surface area contributed by atoms with Crippen LogP contribution in [0.25, 0.3) is 11.1 Å². The molecular weight excluding hydrogens is 450 g/mol. The highest BCUT2D eigenvalue weighted by molar-refractivity contribution is 7.02. The summed E-state index contributed by atoms with van der Waals surface area (Å²) < 4.78 is 0. The van der Waals surface area contributed by atoms with Crippen LogP contribution in [0.3, 0.4) is 0 Å². The van der Waals surface area contributed by atoms with Crippen LogP contribution in [0, 0.1) is 0 Å². The van der Waals surface area contributed by atoms with E-state index in [4.69, 9.17) is 4.99 Å². The van der Waals surface area contributed by atoms with Gasteiger partial charge < -0.3 is 10.4 Å². The highest BCUT2D eigenvalue weighted by Gasteiger charge is 2.40. The number of hydrogen-bond donors (Lipinski definition) is 3. The molecule has 2 aromatic carbocycles. The summed E-state index contributed by atoms with van der Waals surface area (Å²) in [6.45, 7) is 15.5. The molecule has 1 unspecified atom stereocenters. The van der Waals surface area contributed by atoms with Crippen molar-refractivity contribution < 1.29 is 14.9 Å². The molecule has 0 spiro atoms. The van der Waals surface area contributed by atoms with Gasteiger partial charge in [0.1, 0.15) is 8.07 Å². The number of benzene rings is 2. The average molecular weight is 487 g/mol. The van der Waals surface area contributed by atoms with Gasteiger partial charge in [-0.25, -0.2) is 9.98 Å². The van der Waals surface area contributed by atoms with Crippen molar-refractivity contribution in [3.05, 3.63) is 58.3 Å². The van der Waals surface area contributed by atoms with Crippen molar-refractivity contribution in [2.24, 2.45) is 4.99 Å². The number of rotatable bonds is 4. The Kier molecular flexibility index (Phi) is 5.26. The van der Waals surface area contributed by atoms with Crippen molar-refractivity contribution >= 4 is 46.9 Å². The zero-order valence-electron chi connectivity index (χ0n) is 21.9. The summed E-state index contributed by atoms with van der Waals surface area (Å²) in [6.07, 6.45) is 5.42. The van der Waals surface area contributed by atoms with Gasteiger partial charge >= 0.3 is 5.97 Å². The minimum absolute atomic E-state index is 0.116. The summed E-state index contributed by atoms with van der Waals surface area (Å²) in [6, 6.07) is 10.0. The molecule has 0 aliphatic carbocycles. The van der Waals surface area contributed by atoms with E-state index in [0.717, 1.165) is 28.1 Å². The minimum atomic E-state index is -2.28. The zero-order valence-corrected chi connectivity index (χ0v) is 22.9. The van der Waals surface area contributed by atoms with Gasteiger partial charge in [0.2, 0.25) is 5.36 Å². The monoisotopic (exact) mass is 486 g/mol. The standard InChI is InChI=1S/C29H35N3O2Si/c1-17-15-28(3,4)31-21-13-25-23(11-19(17)21)30-24-12-20-18(2)16-29(5,6)32-22(20)14-26(24)35(25,7)10-8-9-27(33)34/h11-16,31H,8-10H2,1-7H3,(H,33,34)/p+1. The third-order valence-corrected chi connectivity index (χ3v) is 12.2. The Morgan fingerprint density at radius 2 is 1.74 bits per heavy atom. The van der Waals surface area contributed by atoms with Crippen LogP contribution in [0.4, 0.5) is 11.4 Å². The van der Waals surface area contributed by atoms with Crippen LogP contribution < -0.4 is 31.4 Å². The summed E-state index contributed by atoms with van der Waals surface area (Å²) in [7, 11) is -2.28. The summed E-state index contributed by atoms with van der Waals surface area (Å²) in [5, 5.41) is 17.9. The Bertz CT molecular complexity index is 1470. The molecule has 0 saturated heterocycles. The summed E-state index contributed by atoms with van der Waals surface area (Å²) in [5.74, 6) is -0.729. The SMILES string of the molecule is CC1=CC(C)(C)Nc2cc3c(cc21)N=c1cc2c(cc1[Si]3(C)CCCC(=O)O)=[NH+]C(C)(C)C=C2C. The second kappa shape index (κ2) is 7.75. The van der Waals surface area contributed by atoms with Crippen molar-refractivity contribution in [2.45, 2.75) is 78.1 Å². The maximum absolute atomic E-state index is 11.4. The first kappa shape index (κ1) is 23.7. The Hall–Kier alpha value is -2.99. The highest BCUT2D eigenvalue weighted by atomic mass is 28.3. The van der Waals surface area contributed by atoms with Crippen molar-refractivity contribution in [1.29, 1.82) is 0 Å². The van der Waals surface area contributed by atoms with Gasteiger partial charge in [-0.05, 0) is 86.0 Å². The van der Waals surface area contributed by atoms with E-state index < -0.39 is 14.0 Å². The molecule has 0 radical (unpaired) electrons. The van der Waals surface area contributed by atoms with Crippen LogP contribution >= 0.6 is 0 Å². The van der Waals surface area contributed by atoms with E-state index in [1.54, 1.807) is 0 Å². The lowest BCUT2D eigenvalue weighted by Gasteiger charge is -2.37. The van der Waals surface area contributed by atoms with E-state index in [1.165, 1.54) is 32.6 Å². The van der Waals surface area contributed by atoms with Gasteiger partial charge in [0, 0.05) is 37.6 Å². The maximum Gasteiger partial charge on any atom is 0.303 e. The molecule has 5 rings (SSSR count). The molecule has 3 heterocycles. The number of nitrogens with one attached hydrogen (secondary N) is 2. The Morgan fingerprint density at radius 3 is 2.46 bits per heavy atom. The highest BCUT2D eigenvalue weighted by Crippen LogP contribution is 2.37. The molecule has 0 amide bonds. The second-order valence-electron chi connectivity index (χ2n) is 11.9. The molecule has 3 aliphatic rings. The van der Waals surface area contributed by atoms with Crippen LogP contribution in [-0.2, 0) is 4.79 Å². The lowest BCUT2D eigenvalue weighted by molar-refractivity contribution is -0.568. The Labute approximate surface area is 208 Å². The molecule has 1 atom stereocenters. The quantitative estimate of drug-likeness (QED) is 0.582. The summed E-state index contributed by atoms with van der Waals surface area (Å²) >= 11 is 0. The fourth-order valence-electron chi connectivity index (χ4n) is 6.25. The van der Waals surface area contributed by atoms with Gasteiger partial charge in [-0.1, -0.05) is 12.6 Å². The third kappa shape index (κ3) is 4.08. The predicted molar refractivity (Wildman–Crippen MR) is 145 cm³/mol. The van der Waals surface area contributed by atoms with Crippen molar-refractivity contribution in [3.63, 3.8) is 0 Å². The number of carboxylic acids is 1. The molecule has 35 heavy (non-hydrogen) atoms. The molecule has 3 aliphatic heterocycles. The second-order valence-corrected chi connectivity index (χ2v) is 16.1. The molecule has 0 aromatic heterocycles. The fraction of sp³-hybridized carbons (Fsp3) is 0.414. The maximum atomic E-state index is 11.4. The fourth-order valence-corrected chi connectivity index (χ4v) is 10.3. The van der Waals surface area contributed by atoms with E-state index in [2.05, 4.69) is 94.8 Å². The van der Waals surface area contributed by atoms with E-state index in [1.807, 2.05) is 0 Å². The summed E-state index contributed by atoms with van der Waals surface area (Å²) in [5.41, 5.74) is 6.89.